The van der Waals surface area contributed by atoms with E-state index in [1.54, 1.807) is 13.0 Å². The summed E-state index contributed by atoms with van der Waals surface area (Å²) in [5.41, 5.74) is 9.48. The maximum atomic E-state index is 13.5. The van der Waals surface area contributed by atoms with Crippen LogP contribution in [0, 0.1) is 6.92 Å². The van der Waals surface area contributed by atoms with Crippen LogP contribution in [0.25, 0.3) is 21.4 Å². The minimum Gasteiger partial charge on any atom is -0.464 e. The van der Waals surface area contributed by atoms with Gasteiger partial charge in [-0.2, -0.15) is 0 Å². The topological polar surface area (TPSA) is 229 Å². The smallest absolute Gasteiger partial charge is 0.379 e. The number of fused-ring (bicyclic) bond motifs is 1. The number of nitrogens with zero attached hydrogens (tertiary/aromatic N) is 3. The van der Waals surface area contributed by atoms with E-state index in [2.05, 4.69) is 10.0 Å². The highest BCUT2D eigenvalue weighted by atomic mass is 16.7. The lowest BCUT2D eigenvalue weighted by Gasteiger charge is -2.47. The Balaban J connectivity index is 2.24. The highest BCUT2D eigenvalue weighted by Crippen LogP contribution is 2.39. The van der Waals surface area contributed by atoms with Gasteiger partial charge in [0.2, 0.25) is 0 Å². The maximum Gasteiger partial charge on any atom is 0.379 e. The number of benzene rings is 1. The van der Waals surface area contributed by atoms with E-state index < -0.39 is 84.7 Å². The van der Waals surface area contributed by atoms with Crippen molar-refractivity contribution in [2.24, 2.45) is 5.11 Å². The van der Waals surface area contributed by atoms with Crippen LogP contribution in [-0.4, -0.2) is 79.8 Å². The molecule has 0 unspecified atom stereocenters. The first-order chi connectivity index (χ1) is 21.2. The van der Waals surface area contributed by atoms with Crippen LogP contribution in [0.5, 0.6) is 5.75 Å². The predicted octanol–water partition coefficient (Wildman–Crippen LogP) is 2.18. The van der Waals surface area contributed by atoms with Crippen molar-refractivity contribution in [1.82, 2.24) is 0 Å². The van der Waals surface area contributed by atoms with Gasteiger partial charge >= 0.3 is 41.3 Å². The lowest BCUT2D eigenvalue weighted by atomic mass is 9.88. The molecular formula is C28H31N3O14. The highest BCUT2D eigenvalue weighted by molar-refractivity contribution is 5.82. The van der Waals surface area contributed by atoms with Crippen molar-refractivity contribution in [1.29, 1.82) is 0 Å². The third kappa shape index (κ3) is 8.49. The summed E-state index contributed by atoms with van der Waals surface area (Å²) in [5, 5.41) is 4.24. The summed E-state index contributed by atoms with van der Waals surface area (Å²) in [6.45, 7) is 5.19. The molecule has 6 atom stereocenters. The van der Waals surface area contributed by atoms with Crippen molar-refractivity contribution in [3.05, 3.63) is 50.7 Å². The van der Waals surface area contributed by atoms with E-state index >= 15 is 0 Å². The van der Waals surface area contributed by atoms with Crippen LogP contribution in [0.4, 0.5) is 0 Å². The van der Waals surface area contributed by atoms with Gasteiger partial charge in [0.15, 0.2) is 12.2 Å². The van der Waals surface area contributed by atoms with Gasteiger partial charge in [-0.15, -0.1) is 0 Å². The molecule has 45 heavy (non-hydrogen) atoms. The zero-order valence-corrected chi connectivity index (χ0v) is 25.2. The van der Waals surface area contributed by atoms with Crippen molar-refractivity contribution in [2.75, 3.05) is 13.7 Å². The summed E-state index contributed by atoms with van der Waals surface area (Å²) >= 11 is 0. The molecule has 17 heteroatoms. The van der Waals surface area contributed by atoms with Crippen LogP contribution in [0.2, 0.25) is 0 Å². The number of azide groups is 1. The van der Waals surface area contributed by atoms with Gasteiger partial charge in [-0.1, -0.05) is 5.11 Å². The van der Waals surface area contributed by atoms with E-state index in [0.29, 0.717) is 10.9 Å². The summed E-state index contributed by atoms with van der Waals surface area (Å²) < 4.78 is 43.6. The van der Waals surface area contributed by atoms with Gasteiger partial charge < -0.3 is 37.6 Å². The van der Waals surface area contributed by atoms with Gasteiger partial charge in [0.25, 0.3) is 0 Å². The third-order valence-corrected chi connectivity index (χ3v) is 6.48. The molecule has 1 aromatic carbocycles. The average molecular weight is 634 g/mol. The molecule has 0 spiro atoms. The van der Waals surface area contributed by atoms with E-state index in [0.717, 1.165) is 34.8 Å². The second-order valence-electron chi connectivity index (χ2n) is 9.91. The Morgan fingerprint density at radius 1 is 1.04 bits per heavy atom. The summed E-state index contributed by atoms with van der Waals surface area (Å²) in [7, 11) is 1.01. The fraction of sp³-hybridized carbons (Fsp3) is 0.500. The molecule has 0 bridgehead atoms. The van der Waals surface area contributed by atoms with E-state index in [1.165, 1.54) is 18.2 Å². The first-order valence-electron chi connectivity index (χ1n) is 13.4. The normalized spacial score (nSPS) is 22.1. The molecular weight excluding hydrogens is 602 g/mol. The van der Waals surface area contributed by atoms with Crippen molar-refractivity contribution in [2.45, 2.75) is 77.3 Å². The second-order valence-corrected chi connectivity index (χ2v) is 9.91. The van der Waals surface area contributed by atoms with Crippen LogP contribution in [-0.2, 0) is 52.4 Å². The molecule has 0 radical (unpaired) electrons. The van der Waals surface area contributed by atoms with Gasteiger partial charge in [0, 0.05) is 50.1 Å². The zero-order valence-electron chi connectivity index (χ0n) is 25.2. The number of hydrogen-bond acceptors (Lipinski definition) is 15. The van der Waals surface area contributed by atoms with Crippen LogP contribution in [0.15, 0.2) is 38.6 Å². The molecule has 1 aliphatic rings. The number of ether oxygens (including phenoxy) is 7. The summed E-state index contributed by atoms with van der Waals surface area (Å²) in [5.74, 6) is -7.22. The molecule has 1 aliphatic heterocycles. The van der Waals surface area contributed by atoms with E-state index in [9.17, 15) is 34.3 Å². The minimum absolute atomic E-state index is 0.0790. The van der Waals surface area contributed by atoms with E-state index in [-0.39, 0.29) is 11.3 Å². The van der Waals surface area contributed by atoms with Gasteiger partial charge in [-0.3, -0.25) is 19.2 Å². The van der Waals surface area contributed by atoms with Gasteiger partial charge in [0.1, 0.15) is 36.2 Å². The van der Waals surface area contributed by atoms with Crippen molar-refractivity contribution >= 4 is 40.8 Å². The van der Waals surface area contributed by atoms with E-state index in [1.807, 2.05) is 0 Å². The number of methoxy groups -OCH3 is 1. The Morgan fingerprint density at radius 3 is 2.31 bits per heavy atom. The lowest BCUT2D eigenvalue weighted by Crippen LogP contribution is -2.66. The molecule has 242 valence electrons. The average Bonchev–Trinajstić information content (AvgIpc) is 2.94. The Labute approximate surface area is 255 Å². The number of rotatable bonds is 11. The molecule has 2 heterocycles. The van der Waals surface area contributed by atoms with Gasteiger partial charge in [-0.05, 0) is 30.2 Å². The molecule has 1 fully saturated rings. The summed E-state index contributed by atoms with van der Waals surface area (Å²) in [6.07, 6.45) is -7.20. The van der Waals surface area contributed by atoms with Crippen LogP contribution in [0.3, 0.4) is 0 Å². The van der Waals surface area contributed by atoms with Crippen LogP contribution < -0.4 is 10.4 Å². The van der Waals surface area contributed by atoms with Crippen LogP contribution in [0.1, 0.15) is 39.7 Å². The van der Waals surface area contributed by atoms with Gasteiger partial charge in [0.05, 0.1) is 13.5 Å². The molecule has 0 N–H and O–H groups in total. The number of carbonyl (C=O) groups is 5. The SMILES string of the molecule is COC(=O)[C@@]1(Oc2ccc3c(C)cc(=O)oc3c2)C[C@H](OC(C)=O)[C@@H](N=[N+]=[N-])[C@H]([C@H](OC(C)=O)[C@@H](COC(C)=O)OC(C)=O)O1. The molecule has 2 aromatic rings. The Hall–Kier alpha value is -5.15. The molecule has 1 aromatic heterocycles. The number of aryl methyl sites for hydroxylation is 1. The quantitative estimate of drug-likeness (QED) is 0.0862. The van der Waals surface area contributed by atoms with Gasteiger partial charge in [-0.25, -0.2) is 9.59 Å². The number of esters is 5. The lowest BCUT2D eigenvalue weighted by molar-refractivity contribution is -0.287. The van der Waals surface area contributed by atoms with Crippen molar-refractivity contribution in [3.63, 3.8) is 0 Å². The third-order valence-electron chi connectivity index (χ3n) is 6.48. The summed E-state index contributed by atoms with van der Waals surface area (Å²) in [4.78, 5) is 76.4. The fourth-order valence-corrected chi connectivity index (χ4v) is 4.83. The maximum absolute atomic E-state index is 13.5. The number of hydrogen-bond donors (Lipinski definition) is 0. The first-order valence-corrected chi connectivity index (χ1v) is 13.4. The molecule has 0 aliphatic carbocycles. The zero-order chi connectivity index (χ0) is 33.5. The standard InChI is InChI=1S/C28H31N3O14/c1-13-9-23(36)43-20-10-18(7-8-19(13)20)44-28(27(37)38-6)11-21(40-15(3)33)24(30-31-29)26(45-28)25(42-17(5)35)22(41-16(4)34)12-39-14(2)32/h7-10,21-22,24-26H,11-12H2,1-6H3/t21-,22+,24+,25+,26+,28+/m0/s1. The largest absolute Gasteiger partial charge is 0.464 e. The Morgan fingerprint density at radius 2 is 1.73 bits per heavy atom. The highest BCUT2D eigenvalue weighted by Gasteiger charge is 2.59. The number of carbonyl (C=O) groups excluding carboxylic acids is 5. The molecule has 0 amide bonds. The van der Waals surface area contributed by atoms with Crippen molar-refractivity contribution in [3.8, 4) is 5.75 Å². The molecule has 3 rings (SSSR count). The first kappa shape index (κ1) is 34.3. The molecule has 17 nitrogen and oxygen atoms in total. The second kappa shape index (κ2) is 14.5. The minimum atomic E-state index is -2.50. The Kier molecular flexibility index (Phi) is 11.1. The fourth-order valence-electron chi connectivity index (χ4n) is 4.83. The van der Waals surface area contributed by atoms with E-state index in [4.69, 9.17) is 37.6 Å². The van der Waals surface area contributed by atoms with Crippen molar-refractivity contribution < 1.29 is 61.5 Å². The van der Waals surface area contributed by atoms with Crippen LogP contribution >= 0.6 is 0 Å². The summed E-state index contributed by atoms with van der Waals surface area (Å²) in [6, 6.07) is 4.05. The monoisotopic (exact) mass is 633 g/mol. The predicted molar refractivity (Wildman–Crippen MR) is 148 cm³/mol. The Bertz CT molecular complexity index is 1580. The molecule has 0 saturated carbocycles. The molecule has 1 saturated heterocycles.